The van der Waals surface area contributed by atoms with Gasteiger partial charge in [0.25, 0.3) is 0 Å². The molecule has 3 rings (SSSR count). The number of anilines is 1. The number of benzene rings is 2. The molecule has 43 heavy (non-hydrogen) atoms. The molecule has 0 spiro atoms. The first-order valence-corrected chi connectivity index (χ1v) is 11.7. The van der Waals surface area contributed by atoms with Crippen molar-refractivity contribution in [3.63, 3.8) is 0 Å². The van der Waals surface area contributed by atoms with Gasteiger partial charge in [0, 0.05) is 0 Å². The lowest BCUT2D eigenvalue weighted by Crippen LogP contribution is -2.20. The van der Waals surface area contributed by atoms with Crippen molar-refractivity contribution in [3.8, 4) is 17.2 Å². The molecule has 19 heteroatoms. The van der Waals surface area contributed by atoms with E-state index in [4.69, 9.17) is 9.94 Å². The molecule has 1 aromatic heterocycles. The quantitative estimate of drug-likeness (QED) is 0.107. The smallest absolute Gasteiger partial charge is 0.461 e. The van der Waals surface area contributed by atoms with Crippen molar-refractivity contribution in [2.75, 3.05) is 18.6 Å². The fourth-order valence-electron chi connectivity index (χ4n) is 2.71. The lowest BCUT2D eigenvalue weighted by molar-refractivity contribution is -0.275. The Labute approximate surface area is 238 Å². The van der Waals surface area contributed by atoms with E-state index in [-0.39, 0.29) is 36.1 Å². The third kappa shape index (κ3) is 12.4. The number of esters is 2. The van der Waals surface area contributed by atoms with Gasteiger partial charge in [0.1, 0.15) is 17.7 Å². The Morgan fingerprint density at radius 1 is 0.907 bits per heavy atom. The predicted molar refractivity (Wildman–Crippen MR) is 135 cm³/mol. The van der Waals surface area contributed by atoms with Crippen molar-refractivity contribution >= 4 is 29.6 Å². The molecule has 1 heterocycles. The van der Waals surface area contributed by atoms with E-state index in [1.807, 2.05) is 0 Å². The minimum atomic E-state index is -4.78. The molecule has 0 aliphatic heterocycles. The molecule has 0 fully saturated rings. The van der Waals surface area contributed by atoms with E-state index >= 15 is 0 Å². The number of halogens is 6. The number of hydrazone groups is 1. The first-order chi connectivity index (χ1) is 20.2. The summed E-state index contributed by atoms with van der Waals surface area (Å²) >= 11 is 0. The van der Waals surface area contributed by atoms with Gasteiger partial charge in [-0.25, -0.2) is 9.59 Å². The number of rotatable bonds is 10. The van der Waals surface area contributed by atoms with Crippen molar-refractivity contribution in [2.45, 2.75) is 26.6 Å². The number of nitrogens with zero attached hydrogens (tertiary/aromatic N) is 5. The van der Waals surface area contributed by atoms with Crippen molar-refractivity contribution in [2.24, 2.45) is 10.3 Å². The maximum Gasteiger partial charge on any atom is 0.573 e. The number of alkyl halides is 6. The van der Waals surface area contributed by atoms with Crippen LogP contribution in [-0.4, -0.2) is 70.0 Å². The highest BCUT2D eigenvalue weighted by molar-refractivity contribution is 6.59. The van der Waals surface area contributed by atoms with E-state index in [2.05, 4.69) is 40.1 Å². The van der Waals surface area contributed by atoms with Gasteiger partial charge in [-0.2, -0.15) is 15.0 Å². The Hall–Kier alpha value is -5.36. The fourth-order valence-corrected chi connectivity index (χ4v) is 2.71. The molecule has 0 bridgehead atoms. The van der Waals surface area contributed by atoms with Gasteiger partial charge in [-0.3, -0.25) is 5.43 Å². The average Bonchev–Trinajstić information content (AvgIpc) is 3.42. The van der Waals surface area contributed by atoms with E-state index in [9.17, 15) is 35.9 Å². The van der Waals surface area contributed by atoms with E-state index in [1.54, 1.807) is 13.8 Å². The van der Waals surface area contributed by atoms with Crippen LogP contribution in [0, 0.1) is 0 Å². The Morgan fingerprint density at radius 2 is 1.44 bits per heavy atom. The summed E-state index contributed by atoms with van der Waals surface area (Å²) in [6.45, 7) is 3.54. The van der Waals surface area contributed by atoms with Gasteiger partial charge in [-0.1, -0.05) is 5.16 Å². The molecule has 0 aliphatic rings. The molecular formula is C24H22F6N6O7. The Balaban J connectivity index is 0.000000300. The van der Waals surface area contributed by atoms with Gasteiger partial charge in [0.15, 0.2) is 11.4 Å². The van der Waals surface area contributed by atoms with Crippen LogP contribution in [0.2, 0.25) is 0 Å². The zero-order valence-corrected chi connectivity index (χ0v) is 22.1. The molecule has 2 N–H and O–H groups in total. The topological polar surface area (TPSA) is 159 Å². The second-order valence-electron chi connectivity index (χ2n) is 7.43. The molecule has 0 unspecified atom stereocenters. The van der Waals surface area contributed by atoms with Crippen molar-refractivity contribution in [3.05, 3.63) is 60.4 Å². The molecule has 0 atom stereocenters. The lowest BCUT2D eigenvalue weighted by atomic mass is 10.3. The summed E-state index contributed by atoms with van der Waals surface area (Å²) in [7, 11) is 0. The maximum atomic E-state index is 12.0. The molecule has 0 saturated heterocycles. The fraction of sp³-hybridized carbons (Fsp3) is 0.250. The number of carbonyl (C=O) groups is 2. The third-order valence-corrected chi connectivity index (χ3v) is 4.34. The van der Waals surface area contributed by atoms with Gasteiger partial charge in [-0.05, 0) is 62.4 Å². The van der Waals surface area contributed by atoms with Gasteiger partial charge >= 0.3 is 24.7 Å². The SMILES string of the molecule is CCOC(=O)C(/C=N/O)=N/Nc1ccc(OC(F)(F)F)cc1.CCOC(=O)c1cnn(-c2ccc(OC(F)(F)F)cc2)n1. The molecule has 13 nitrogen and oxygen atoms in total. The van der Waals surface area contributed by atoms with Gasteiger partial charge in [0.2, 0.25) is 0 Å². The normalized spacial score (nSPS) is 11.8. The van der Waals surface area contributed by atoms with E-state index in [0.717, 1.165) is 35.3 Å². The average molecular weight is 620 g/mol. The Bertz CT molecular complexity index is 1390. The summed E-state index contributed by atoms with van der Waals surface area (Å²) in [5, 5.41) is 22.4. The van der Waals surface area contributed by atoms with Gasteiger partial charge in [-0.15, -0.1) is 31.4 Å². The maximum absolute atomic E-state index is 12.0. The summed E-state index contributed by atoms with van der Waals surface area (Å²) < 4.78 is 88.9. The zero-order chi connectivity index (χ0) is 32.0. The highest BCUT2D eigenvalue weighted by atomic mass is 19.4. The molecule has 232 valence electrons. The highest BCUT2D eigenvalue weighted by Gasteiger charge is 2.31. The summed E-state index contributed by atoms with van der Waals surface area (Å²) in [6.07, 6.45) is -7.56. The number of oxime groups is 1. The summed E-state index contributed by atoms with van der Waals surface area (Å²) in [4.78, 5) is 23.9. The lowest BCUT2D eigenvalue weighted by Gasteiger charge is -2.09. The van der Waals surface area contributed by atoms with Crippen LogP contribution in [0.4, 0.5) is 32.0 Å². The summed E-state index contributed by atoms with van der Waals surface area (Å²) in [6, 6.07) is 9.54. The standard InChI is InChI=1S/C12H12F3N3O4.C12H10F3N3O3/c1-2-21-11(19)10(7-16-20)18-17-8-3-5-9(6-4-8)22-12(13,14)15;1-2-20-11(19)10-7-16-18(17-10)8-3-5-9(6-4-8)21-12(13,14)15/h3-7,17,20H,2H2,1H3;3-7H,2H2,1H3/b16-7+,18-10+;. The van der Waals surface area contributed by atoms with E-state index < -0.39 is 30.4 Å². The van der Waals surface area contributed by atoms with Crippen LogP contribution >= 0.6 is 0 Å². The number of ether oxygens (including phenoxy) is 4. The second kappa shape index (κ2) is 15.6. The second-order valence-corrected chi connectivity index (χ2v) is 7.43. The molecule has 2 aromatic carbocycles. The van der Waals surface area contributed by atoms with Crippen LogP contribution in [0.1, 0.15) is 24.3 Å². The number of carbonyl (C=O) groups excluding carboxylic acids is 2. The molecule has 3 aromatic rings. The first-order valence-electron chi connectivity index (χ1n) is 11.7. The van der Waals surface area contributed by atoms with Crippen LogP contribution < -0.4 is 14.9 Å². The van der Waals surface area contributed by atoms with Crippen molar-refractivity contribution in [1.82, 2.24) is 15.0 Å². The highest BCUT2D eigenvalue weighted by Crippen LogP contribution is 2.24. The van der Waals surface area contributed by atoms with Crippen molar-refractivity contribution < 1.29 is 60.1 Å². The minimum absolute atomic E-state index is 0.00691. The first kappa shape index (κ1) is 33.8. The Kier molecular flexibility index (Phi) is 12.3. The third-order valence-electron chi connectivity index (χ3n) is 4.34. The summed E-state index contributed by atoms with van der Waals surface area (Å²) in [5.41, 5.74) is 2.75. The van der Waals surface area contributed by atoms with E-state index in [1.165, 1.54) is 30.5 Å². The van der Waals surface area contributed by atoms with Gasteiger partial charge < -0.3 is 24.2 Å². The van der Waals surface area contributed by atoms with Crippen LogP contribution in [0.15, 0.2) is 65.0 Å². The van der Waals surface area contributed by atoms with Crippen LogP contribution in [0.3, 0.4) is 0 Å². The molecule has 0 aliphatic carbocycles. The monoisotopic (exact) mass is 620 g/mol. The number of nitrogens with one attached hydrogen (secondary N) is 1. The molecular weight excluding hydrogens is 598 g/mol. The zero-order valence-electron chi connectivity index (χ0n) is 22.1. The van der Waals surface area contributed by atoms with Crippen LogP contribution in [-0.2, 0) is 14.3 Å². The number of aromatic nitrogens is 3. The minimum Gasteiger partial charge on any atom is -0.461 e. The molecule has 0 saturated carbocycles. The van der Waals surface area contributed by atoms with Crippen LogP contribution in [0.25, 0.3) is 5.69 Å². The van der Waals surface area contributed by atoms with Gasteiger partial charge in [0.05, 0.1) is 30.8 Å². The van der Waals surface area contributed by atoms with Crippen LogP contribution in [0.5, 0.6) is 11.5 Å². The Morgan fingerprint density at radius 3 is 1.93 bits per heavy atom. The van der Waals surface area contributed by atoms with E-state index in [0.29, 0.717) is 5.69 Å². The predicted octanol–water partition coefficient (Wildman–Crippen LogP) is 4.72. The molecule has 0 radical (unpaired) electrons. The summed E-state index contributed by atoms with van der Waals surface area (Å²) in [5.74, 6) is -2.21. The largest absolute Gasteiger partial charge is 0.573 e. The number of hydrogen-bond donors (Lipinski definition) is 2. The number of hydrogen-bond acceptors (Lipinski definition) is 12. The molecule has 0 amide bonds. The van der Waals surface area contributed by atoms with Crippen molar-refractivity contribution in [1.29, 1.82) is 0 Å².